The van der Waals surface area contributed by atoms with Crippen molar-refractivity contribution in [1.29, 1.82) is 0 Å². The zero-order chi connectivity index (χ0) is 15.3. The Labute approximate surface area is 134 Å². The van der Waals surface area contributed by atoms with E-state index in [-0.39, 0.29) is 0 Å². The van der Waals surface area contributed by atoms with E-state index in [1.807, 2.05) is 13.2 Å². The lowest BCUT2D eigenvalue weighted by atomic mass is 9.86. The Balaban J connectivity index is 1.40. The fourth-order valence-electron chi connectivity index (χ4n) is 4.08. The normalized spacial score (nSPS) is 23.1. The number of likely N-dealkylation sites (tertiary alicyclic amines) is 1. The van der Waals surface area contributed by atoms with Crippen molar-refractivity contribution in [3.8, 4) is 0 Å². The van der Waals surface area contributed by atoms with Crippen molar-refractivity contribution >= 4 is 0 Å². The molecule has 124 valence electrons. The van der Waals surface area contributed by atoms with Crippen LogP contribution in [0.1, 0.15) is 44.3 Å². The molecule has 2 heterocycles. The summed E-state index contributed by atoms with van der Waals surface area (Å²) in [4.78, 5) is 2.50. The van der Waals surface area contributed by atoms with Gasteiger partial charge in [-0.2, -0.15) is 0 Å². The summed E-state index contributed by atoms with van der Waals surface area (Å²) in [5.74, 6) is 1.08. The number of hydrogen-bond donors (Lipinski definition) is 1. The minimum Gasteiger partial charge on any atom is -0.468 e. The monoisotopic (exact) mass is 306 g/mol. The van der Waals surface area contributed by atoms with Crippen molar-refractivity contribution in [2.45, 2.75) is 51.1 Å². The van der Waals surface area contributed by atoms with Crippen molar-refractivity contribution in [3.05, 3.63) is 24.2 Å². The Kier molecular flexibility index (Phi) is 5.55. The third-order valence-corrected chi connectivity index (χ3v) is 5.43. The van der Waals surface area contributed by atoms with Crippen molar-refractivity contribution in [3.63, 3.8) is 0 Å². The molecule has 1 N–H and O–H groups in total. The topological polar surface area (TPSA) is 37.6 Å². The van der Waals surface area contributed by atoms with E-state index in [4.69, 9.17) is 9.15 Å². The highest BCUT2D eigenvalue weighted by atomic mass is 16.5. The van der Waals surface area contributed by atoms with Crippen LogP contribution in [0.25, 0.3) is 0 Å². The van der Waals surface area contributed by atoms with Gasteiger partial charge >= 0.3 is 0 Å². The smallest absolute Gasteiger partial charge is 0.117 e. The molecule has 0 aromatic carbocycles. The van der Waals surface area contributed by atoms with Crippen LogP contribution in [0.3, 0.4) is 0 Å². The van der Waals surface area contributed by atoms with Crippen molar-refractivity contribution in [1.82, 2.24) is 10.2 Å². The van der Waals surface area contributed by atoms with E-state index >= 15 is 0 Å². The van der Waals surface area contributed by atoms with Gasteiger partial charge in [0.2, 0.25) is 0 Å². The lowest BCUT2D eigenvalue weighted by molar-refractivity contribution is 0.0763. The van der Waals surface area contributed by atoms with Gasteiger partial charge in [-0.25, -0.2) is 0 Å². The lowest BCUT2D eigenvalue weighted by Gasteiger charge is -2.35. The summed E-state index contributed by atoms with van der Waals surface area (Å²) >= 11 is 0. The van der Waals surface area contributed by atoms with Gasteiger partial charge in [-0.1, -0.05) is 12.8 Å². The highest BCUT2D eigenvalue weighted by Gasteiger charge is 2.34. The number of methoxy groups -OCH3 is 1. The summed E-state index contributed by atoms with van der Waals surface area (Å²) < 4.78 is 10.9. The highest BCUT2D eigenvalue weighted by Crippen LogP contribution is 2.37. The molecule has 2 fully saturated rings. The van der Waals surface area contributed by atoms with Gasteiger partial charge in [-0.15, -0.1) is 0 Å². The van der Waals surface area contributed by atoms with E-state index in [1.165, 1.54) is 38.5 Å². The molecular formula is C18H30N2O2. The molecule has 22 heavy (non-hydrogen) atoms. The summed E-state index contributed by atoms with van der Waals surface area (Å²) in [7, 11) is 1.84. The molecule has 4 nitrogen and oxygen atoms in total. The molecule has 1 aliphatic heterocycles. The minimum absolute atomic E-state index is 0.403. The summed E-state index contributed by atoms with van der Waals surface area (Å²) in [5.41, 5.74) is 0.403. The quantitative estimate of drug-likeness (QED) is 0.840. The molecule has 0 amide bonds. The molecule has 0 radical (unpaired) electrons. The third-order valence-electron chi connectivity index (χ3n) is 5.43. The van der Waals surface area contributed by atoms with Crippen molar-refractivity contribution in [2.24, 2.45) is 5.41 Å². The Bertz CT molecular complexity index is 418. The van der Waals surface area contributed by atoms with Crippen LogP contribution < -0.4 is 5.32 Å². The van der Waals surface area contributed by atoms with Crippen LogP contribution in [0.15, 0.2) is 22.8 Å². The molecular weight excluding hydrogens is 276 g/mol. The van der Waals surface area contributed by atoms with Crippen LogP contribution in [-0.4, -0.2) is 44.3 Å². The fraction of sp³-hybridized carbons (Fsp3) is 0.778. The second-order valence-corrected chi connectivity index (χ2v) is 7.15. The van der Waals surface area contributed by atoms with Crippen molar-refractivity contribution < 1.29 is 9.15 Å². The van der Waals surface area contributed by atoms with Gasteiger partial charge in [0.25, 0.3) is 0 Å². The van der Waals surface area contributed by atoms with Gasteiger partial charge < -0.3 is 14.5 Å². The first-order valence-electron chi connectivity index (χ1n) is 8.77. The standard InChI is InChI=1S/C18H30N2O2/c1-21-15-18(8-2-3-9-18)14-19-16-6-10-20(11-7-16)13-17-5-4-12-22-17/h4-5,12,16,19H,2-3,6-11,13-15H2,1H3. The molecule has 4 heteroatoms. The second-order valence-electron chi connectivity index (χ2n) is 7.15. The summed E-state index contributed by atoms with van der Waals surface area (Å²) in [6.07, 6.45) is 9.63. The molecule has 1 aromatic heterocycles. The molecule has 1 saturated heterocycles. The number of nitrogens with zero attached hydrogens (tertiary/aromatic N) is 1. The van der Waals surface area contributed by atoms with E-state index < -0.39 is 0 Å². The zero-order valence-corrected chi connectivity index (χ0v) is 13.9. The van der Waals surface area contributed by atoms with E-state index in [9.17, 15) is 0 Å². The predicted octanol–water partition coefficient (Wildman–Crippen LogP) is 3.04. The average Bonchev–Trinajstić information content (AvgIpc) is 3.20. The number of furan rings is 1. The van der Waals surface area contributed by atoms with Gasteiger partial charge in [-0.3, -0.25) is 4.90 Å². The van der Waals surface area contributed by atoms with E-state index in [1.54, 1.807) is 6.26 Å². The summed E-state index contributed by atoms with van der Waals surface area (Å²) in [6, 6.07) is 4.71. The highest BCUT2D eigenvalue weighted by molar-refractivity contribution is 4.98. The van der Waals surface area contributed by atoms with Gasteiger partial charge in [0.1, 0.15) is 5.76 Å². The number of piperidine rings is 1. The largest absolute Gasteiger partial charge is 0.468 e. The molecule has 1 aromatic rings. The Hall–Kier alpha value is -0.840. The summed E-state index contributed by atoms with van der Waals surface area (Å²) in [6.45, 7) is 5.32. The maximum absolute atomic E-state index is 5.49. The Morgan fingerprint density at radius 2 is 2.09 bits per heavy atom. The van der Waals surface area contributed by atoms with Crippen LogP contribution in [0.5, 0.6) is 0 Å². The first-order chi connectivity index (χ1) is 10.8. The Morgan fingerprint density at radius 1 is 1.32 bits per heavy atom. The predicted molar refractivity (Wildman–Crippen MR) is 87.8 cm³/mol. The van der Waals surface area contributed by atoms with Crippen LogP contribution in [0, 0.1) is 5.41 Å². The molecule has 1 aliphatic carbocycles. The number of ether oxygens (including phenoxy) is 1. The van der Waals surface area contributed by atoms with Crippen LogP contribution in [0.4, 0.5) is 0 Å². The molecule has 0 unspecified atom stereocenters. The van der Waals surface area contributed by atoms with E-state index in [0.717, 1.165) is 38.5 Å². The van der Waals surface area contributed by atoms with Crippen LogP contribution in [-0.2, 0) is 11.3 Å². The molecule has 1 saturated carbocycles. The van der Waals surface area contributed by atoms with Crippen LogP contribution in [0.2, 0.25) is 0 Å². The maximum atomic E-state index is 5.49. The molecule has 0 spiro atoms. The minimum atomic E-state index is 0.403. The number of hydrogen-bond acceptors (Lipinski definition) is 4. The molecule has 2 aliphatic rings. The Morgan fingerprint density at radius 3 is 2.73 bits per heavy atom. The first-order valence-corrected chi connectivity index (χ1v) is 8.77. The van der Waals surface area contributed by atoms with Gasteiger partial charge in [-0.05, 0) is 37.8 Å². The van der Waals surface area contributed by atoms with Gasteiger partial charge in [0.05, 0.1) is 19.4 Å². The second kappa shape index (κ2) is 7.62. The zero-order valence-electron chi connectivity index (χ0n) is 13.9. The van der Waals surface area contributed by atoms with E-state index in [2.05, 4.69) is 16.3 Å². The van der Waals surface area contributed by atoms with Gasteiger partial charge in [0.15, 0.2) is 0 Å². The number of rotatable bonds is 7. The molecule has 0 bridgehead atoms. The first kappa shape index (κ1) is 16.0. The lowest BCUT2D eigenvalue weighted by Crippen LogP contribution is -2.46. The SMILES string of the molecule is COCC1(CNC2CCN(Cc3ccco3)CC2)CCCC1. The van der Waals surface area contributed by atoms with Crippen molar-refractivity contribution in [2.75, 3.05) is 33.4 Å². The van der Waals surface area contributed by atoms with Crippen LogP contribution >= 0.6 is 0 Å². The maximum Gasteiger partial charge on any atom is 0.117 e. The fourth-order valence-corrected chi connectivity index (χ4v) is 4.08. The van der Waals surface area contributed by atoms with E-state index in [0.29, 0.717) is 11.5 Å². The van der Waals surface area contributed by atoms with Gasteiger partial charge in [0, 0.05) is 38.2 Å². The number of nitrogens with one attached hydrogen (secondary N) is 1. The average molecular weight is 306 g/mol. The molecule has 0 atom stereocenters. The third kappa shape index (κ3) is 4.12. The summed E-state index contributed by atoms with van der Waals surface area (Å²) in [5, 5.41) is 3.84. The molecule has 3 rings (SSSR count).